The van der Waals surface area contributed by atoms with Crippen molar-refractivity contribution < 1.29 is 19.1 Å². The molecule has 1 aliphatic heterocycles. The van der Waals surface area contributed by atoms with Crippen LogP contribution >= 0.6 is 0 Å². The van der Waals surface area contributed by atoms with E-state index in [9.17, 15) is 14.4 Å². The third-order valence-corrected chi connectivity index (χ3v) is 3.48. The second kappa shape index (κ2) is 5.37. The van der Waals surface area contributed by atoms with Crippen LogP contribution in [0, 0.1) is 0 Å². The first kappa shape index (κ1) is 12.9. The van der Waals surface area contributed by atoms with Gasteiger partial charge in [-0.05, 0) is 19.8 Å². The van der Waals surface area contributed by atoms with Gasteiger partial charge < -0.3 is 15.0 Å². The van der Waals surface area contributed by atoms with Gasteiger partial charge in [-0.2, -0.15) is 0 Å². The summed E-state index contributed by atoms with van der Waals surface area (Å²) in [5.41, 5.74) is 0. The molecule has 1 heterocycles. The summed E-state index contributed by atoms with van der Waals surface area (Å²) >= 11 is 0. The summed E-state index contributed by atoms with van der Waals surface area (Å²) in [6, 6.07) is -0.628. The van der Waals surface area contributed by atoms with Crippen molar-refractivity contribution in [3.63, 3.8) is 0 Å². The molecule has 0 spiro atoms. The van der Waals surface area contributed by atoms with Crippen LogP contribution in [0.4, 0.5) is 0 Å². The summed E-state index contributed by atoms with van der Waals surface area (Å²) in [7, 11) is 0. The van der Waals surface area contributed by atoms with E-state index in [1.165, 1.54) is 4.90 Å². The van der Waals surface area contributed by atoms with Gasteiger partial charge in [0.1, 0.15) is 6.04 Å². The Morgan fingerprint density at radius 3 is 2.67 bits per heavy atom. The van der Waals surface area contributed by atoms with E-state index < -0.39 is 23.8 Å². The highest BCUT2D eigenvalue weighted by molar-refractivity contribution is 6.36. The Kier molecular flexibility index (Phi) is 3.84. The highest BCUT2D eigenvalue weighted by Gasteiger charge is 2.40. The van der Waals surface area contributed by atoms with Gasteiger partial charge >= 0.3 is 17.8 Å². The molecular weight excluding hydrogens is 236 g/mol. The van der Waals surface area contributed by atoms with Crippen molar-refractivity contribution >= 4 is 17.8 Å². The molecule has 0 aromatic rings. The van der Waals surface area contributed by atoms with Crippen molar-refractivity contribution in [1.29, 1.82) is 0 Å². The highest BCUT2D eigenvalue weighted by Crippen LogP contribution is 2.24. The van der Waals surface area contributed by atoms with Crippen LogP contribution in [0.2, 0.25) is 0 Å². The third-order valence-electron chi connectivity index (χ3n) is 3.48. The zero-order valence-electron chi connectivity index (χ0n) is 10.5. The number of esters is 1. The van der Waals surface area contributed by atoms with Gasteiger partial charge in [-0.1, -0.05) is 12.8 Å². The molecular formula is C12H18N2O4. The number of hydrogen-bond acceptors (Lipinski definition) is 4. The maximum Gasteiger partial charge on any atom is 0.330 e. The molecule has 1 aliphatic carbocycles. The van der Waals surface area contributed by atoms with Crippen LogP contribution in [0.3, 0.4) is 0 Å². The molecule has 0 unspecified atom stereocenters. The van der Waals surface area contributed by atoms with Gasteiger partial charge in [0, 0.05) is 6.04 Å². The summed E-state index contributed by atoms with van der Waals surface area (Å²) < 4.78 is 4.88. The third kappa shape index (κ3) is 2.47. The Balaban J connectivity index is 2.06. The summed E-state index contributed by atoms with van der Waals surface area (Å²) in [4.78, 5) is 36.5. The molecule has 0 bridgehead atoms. The van der Waals surface area contributed by atoms with Crippen molar-refractivity contribution in [2.45, 2.75) is 44.7 Å². The molecule has 0 radical (unpaired) electrons. The van der Waals surface area contributed by atoms with E-state index in [2.05, 4.69) is 5.32 Å². The van der Waals surface area contributed by atoms with Gasteiger partial charge in [0.25, 0.3) is 0 Å². The van der Waals surface area contributed by atoms with Crippen molar-refractivity contribution in [3.05, 3.63) is 0 Å². The first-order chi connectivity index (χ1) is 8.63. The summed E-state index contributed by atoms with van der Waals surface area (Å²) in [6.07, 6.45) is 3.96. The average molecular weight is 254 g/mol. The van der Waals surface area contributed by atoms with Crippen LogP contribution in [-0.2, 0) is 19.1 Å². The smallest absolute Gasteiger partial charge is 0.330 e. The van der Waals surface area contributed by atoms with E-state index in [0.717, 1.165) is 25.7 Å². The van der Waals surface area contributed by atoms with Crippen molar-refractivity contribution in [1.82, 2.24) is 10.2 Å². The first-order valence-corrected chi connectivity index (χ1v) is 6.41. The number of rotatable bonds is 3. The minimum Gasteiger partial charge on any atom is -0.464 e. The van der Waals surface area contributed by atoms with Gasteiger partial charge in [-0.3, -0.25) is 9.59 Å². The molecule has 0 aromatic carbocycles. The number of piperazine rings is 1. The van der Waals surface area contributed by atoms with Gasteiger partial charge in [0.2, 0.25) is 0 Å². The van der Waals surface area contributed by atoms with Gasteiger partial charge in [-0.25, -0.2) is 4.79 Å². The molecule has 1 N–H and O–H groups in total. The maximum absolute atomic E-state index is 11.8. The fourth-order valence-electron chi connectivity index (χ4n) is 2.58. The molecule has 6 nitrogen and oxygen atoms in total. The topological polar surface area (TPSA) is 75.7 Å². The number of ether oxygens (including phenoxy) is 1. The first-order valence-electron chi connectivity index (χ1n) is 6.41. The molecule has 2 fully saturated rings. The Morgan fingerprint density at radius 1 is 1.39 bits per heavy atom. The van der Waals surface area contributed by atoms with Crippen molar-refractivity contribution in [2.75, 3.05) is 13.2 Å². The molecule has 2 amide bonds. The SMILES string of the molecule is CCOC(=O)[C@@H]1CN(C2CCCC2)C(=O)C(=O)N1. The molecule has 2 rings (SSSR count). The van der Waals surface area contributed by atoms with Gasteiger partial charge in [0.05, 0.1) is 13.2 Å². The van der Waals surface area contributed by atoms with E-state index >= 15 is 0 Å². The molecule has 2 aliphatic rings. The van der Waals surface area contributed by atoms with Crippen molar-refractivity contribution in [2.24, 2.45) is 0 Å². The minimum atomic E-state index is -0.726. The standard InChI is InChI=1S/C12H18N2O4/c1-2-18-12(17)9-7-14(8-5-3-4-6-8)11(16)10(15)13-9/h8-9H,2-7H2,1H3,(H,13,15)/t9-/m0/s1. The minimum absolute atomic E-state index is 0.0977. The fraction of sp³-hybridized carbons (Fsp3) is 0.750. The zero-order chi connectivity index (χ0) is 13.1. The monoisotopic (exact) mass is 254 g/mol. The van der Waals surface area contributed by atoms with Crippen molar-refractivity contribution in [3.8, 4) is 0 Å². The van der Waals surface area contributed by atoms with E-state index in [0.29, 0.717) is 0 Å². The molecule has 1 saturated carbocycles. The number of nitrogens with zero attached hydrogens (tertiary/aromatic N) is 1. The lowest BCUT2D eigenvalue weighted by Crippen LogP contribution is -2.62. The highest BCUT2D eigenvalue weighted by atomic mass is 16.5. The van der Waals surface area contributed by atoms with Crippen LogP contribution < -0.4 is 5.32 Å². The lowest BCUT2D eigenvalue weighted by atomic mass is 10.1. The molecule has 18 heavy (non-hydrogen) atoms. The number of hydrogen-bond donors (Lipinski definition) is 1. The lowest BCUT2D eigenvalue weighted by molar-refractivity contribution is -0.157. The Labute approximate surface area is 106 Å². The summed E-state index contributed by atoms with van der Waals surface area (Å²) in [6.45, 7) is 2.21. The normalized spacial score (nSPS) is 25.2. The number of nitrogens with one attached hydrogen (secondary N) is 1. The van der Waals surface area contributed by atoms with E-state index in [-0.39, 0.29) is 19.2 Å². The van der Waals surface area contributed by atoms with Crippen LogP contribution in [0.15, 0.2) is 0 Å². The quantitative estimate of drug-likeness (QED) is 0.560. The largest absolute Gasteiger partial charge is 0.464 e. The molecule has 100 valence electrons. The predicted octanol–water partition coefficient (Wildman–Crippen LogP) is -0.181. The van der Waals surface area contributed by atoms with Crippen LogP contribution in [-0.4, -0.2) is 47.9 Å². The van der Waals surface area contributed by atoms with E-state index in [1.54, 1.807) is 6.92 Å². The average Bonchev–Trinajstić information content (AvgIpc) is 2.86. The predicted molar refractivity (Wildman–Crippen MR) is 62.5 cm³/mol. The molecule has 1 saturated heterocycles. The fourth-order valence-corrected chi connectivity index (χ4v) is 2.58. The van der Waals surface area contributed by atoms with Crippen LogP contribution in [0.5, 0.6) is 0 Å². The van der Waals surface area contributed by atoms with Crippen LogP contribution in [0.1, 0.15) is 32.6 Å². The lowest BCUT2D eigenvalue weighted by Gasteiger charge is -2.35. The number of carbonyl (C=O) groups excluding carboxylic acids is 3. The second-order valence-corrected chi connectivity index (χ2v) is 4.67. The number of carbonyl (C=O) groups is 3. The van der Waals surface area contributed by atoms with Gasteiger partial charge in [-0.15, -0.1) is 0 Å². The zero-order valence-corrected chi connectivity index (χ0v) is 10.5. The number of amides is 2. The van der Waals surface area contributed by atoms with Gasteiger partial charge in [0.15, 0.2) is 0 Å². The summed E-state index contributed by atoms with van der Waals surface area (Å²) in [5, 5.41) is 2.40. The Bertz CT molecular complexity index is 363. The molecule has 1 atom stereocenters. The molecule has 0 aromatic heterocycles. The molecule has 6 heteroatoms. The van der Waals surface area contributed by atoms with E-state index in [4.69, 9.17) is 4.74 Å². The summed E-state index contributed by atoms with van der Waals surface area (Å²) in [5.74, 6) is -1.70. The second-order valence-electron chi connectivity index (χ2n) is 4.67. The Hall–Kier alpha value is -1.59. The Morgan fingerprint density at radius 2 is 2.06 bits per heavy atom. The van der Waals surface area contributed by atoms with Crippen LogP contribution in [0.25, 0.3) is 0 Å². The van der Waals surface area contributed by atoms with E-state index in [1.807, 2.05) is 0 Å². The maximum atomic E-state index is 11.8.